The van der Waals surface area contributed by atoms with E-state index in [1.54, 1.807) is 31.2 Å². The molecule has 0 saturated heterocycles. The minimum atomic E-state index is -0.440. The summed E-state index contributed by atoms with van der Waals surface area (Å²) in [5, 5.41) is 11.3. The van der Waals surface area contributed by atoms with Gasteiger partial charge in [-0.15, -0.1) is 0 Å². The fourth-order valence-electron chi connectivity index (χ4n) is 1.79. The normalized spacial score (nSPS) is 10.3. The predicted molar refractivity (Wildman–Crippen MR) is 77.3 cm³/mol. The summed E-state index contributed by atoms with van der Waals surface area (Å²) in [6, 6.07) is 9.61. The van der Waals surface area contributed by atoms with Crippen LogP contribution in [-0.2, 0) is 6.54 Å². The molecule has 0 amide bonds. The Hall–Kier alpha value is -2.11. The van der Waals surface area contributed by atoms with Crippen molar-refractivity contribution in [2.45, 2.75) is 13.5 Å². The average molecular weight is 293 g/mol. The Morgan fingerprint density at radius 3 is 2.55 bits per heavy atom. The first kappa shape index (κ1) is 14.3. The highest BCUT2D eigenvalue weighted by molar-refractivity contribution is 6.30. The van der Waals surface area contributed by atoms with Crippen LogP contribution in [0.1, 0.15) is 11.1 Å². The second-order valence-electron chi connectivity index (χ2n) is 4.27. The van der Waals surface area contributed by atoms with Gasteiger partial charge in [-0.1, -0.05) is 11.6 Å². The average Bonchev–Trinajstić information content (AvgIpc) is 2.42. The minimum absolute atomic E-state index is 0.0324. The number of hydrogen-bond donors (Lipinski definition) is 1. The highest BCUT2D eigenvalue weighted by Gasteiger charge is 2.11. The Morgan fingerprint density at radius 1 is 1.25 bits per heavy atom. The number of ether oxygens (including phenoxy) is 1. The second kappa shape index (κ2) is 5.90. The van der Waals surface area contributed by atoms with Crippen LogP contribution >= 0.6 is 11.6 Å². The van der Waals surface area contributed by atoms with E-state index in [0.717, 1.165) is 5.56 Å². The van der Waals surface area contributed by atoms with Gasteiger partial charge in [0.25, 0.3) is 5.69 Å². The highest BCUT2D eigenvalue weighted by Crippen LogP contribution is 2.31. The molecule has 104 valence electrons. The van der Waals surface area contributed by atoms with Gasteiger partial charge in [0, 0.05) is 29.3 Å². The van der Waals surface area contributed by atoms with E-state index in [4.69, 9.17) is 22.1 Å². The fraction of sp³-hybridized carbons (Fsp3) is 0.143. The molecule has 2 aromatic rings. The van der Waals surface area contributed by atoms with Crippen LogP contribution in [0.4, 0.5) is 5.69 Å². The fourth-order valence-corrected chi connectivity index (χ4v) is 1.98. The van der Waals surface area contributed by atoms with E-state index in [9.17, 15) is 10.1 Å². The van der Waals surface area contributed by atoms with E-state index >= 15 is 0 Å². The standard InChI is InChI=1S/C14H13ClN2O3/c1-9-6-12(17(18)19)3-5-13(9)20-14-4-2-11(15)7-10(14)8-16/h2-7H,8,16H2,1H3. The van der Waals surface area contributed by atoms with Crippen LogP contribution in [0.5, 0.6) is 11.5 Å². The van der Waals surface area contributed by atoms with E-state index < -0.39 is 4.92 Å². The molecular weight excluding hydrogens is 280 g/mol. The molecule has 2 rings (SSSR count). The van der Waals surface area contributed by atoms with Gasteiger partial charge < -0.3 is 10.5 Å². The maximum Gasteiger partial charge on any atom is 0.269 e. The predicted octanol–water partition coefficient (Wildman–Crippen LogP) is 3.81. The Kier molecular flexibility index (Phi) is 4.22. The second-order valence-corrected chi connectivity index (χ2v) is 4.70. The van der Waals surface area contributed by atoms with Crippen LogP contribution in [-0.4, -0.2) is 4.92 Å². The summed E-state index contributed by atoms with van der Waals surface area (Å²) in [4.78, 5) is 10.3. The van der Waals surface area contributed by atoms with E-state index in [0.29, 0.717) is 28.6 Å². The lowest BCUT2D eigenvalue weighted by Gasteiger charge is -2.12. The number of nitrogens with two attached hydrogens (primary N) is 1. The van der Waals surface area contributed by atoms with E-state index in [1.165, 1.54) is 12.1 Å². The topological polar surface area (TPSA) is 78.4 Å². The lowest BCUT2D eigenvalue weighted by Crippen LogP contribution is -2.00. The number of nitro groups is 1. The van der Waals surface area contributed by atoms with Gasteiger partial charge >= 0.3 is 0 Å². The molecule has 0 heterocycles. The molecule has 0 spiro atoms. The molecule has 0 fully saturated rings. The van der Waals surface area contributed by atoms with Gasteiger partial charge in [-0.25, -0.2) is 0 Å². The molecular formula is C14H13ClN2O3. The van der Waals surface area contributed by atoms with Gasteiger partial charge in [0.15, 0.2) is 0 Å². The number of halogens is 1. The number of nitro benzene ring substituents is 1. The Bertz CT molecular complexity index is 659. The third kappa shape index (κ3) is 3.07. The van der Waals surface area contributed by atoms with Crippen LogP contribution in [0.15, 0.2) is 36.4 Å². The molecule has 5 nitrogen and oxygen atoms in total. The van der Waals surface area contributed by atoms with Gasteiger partial charge in [-0.3, -0.25) is 10.1 Å². The van der Waals surface area contributed by atoms with Crippen molar-refractivity contribution < 1.29 is 9.66 Å². The number of rotatable bonds is 4. The molecule has 2 aromatic carbocycles. The number of non-ortho nitro benzene ring substituents is 1. The maximum absolute atomic E-state index is 10.7. The molecule has 0 atom stereocenters. The largest absolute Gasteiger partial charge is 0.457 e. The van der Waals surface area contributed by atoms with E-state index in [2.05, 4.69) is 0 Å². The monoisotopic (exact) mass is 292 g/mol. The quantitative estimate of drug-likeness (QED) is 0.686. The number of aryl methyl sites for hydroxylation is 1. The molecule has 0 aliphatic rings. The molecule has 0 saturated carbocycles. The van der Waals surface area contributed by atoms with Gasteiger partial charge in [0.1, 0.15) is 11.5 Å². The summed E-state index contributed by atoms with van der Waals surface area (Å²) in [7, 11) is 0. The summed E-state index contributed by atoms with van der Waals surface area (Å²) in [6.07, 6.45) is 0. The smallest absolute Gasteiger partial charge is 0.269 e. The van der Waals surface area contributed by atoms with Crippen molar-refractivity contribution >= 4 is 17.3 Å². The molecule has 0 radical (unpaired) electrons. The van der Waals surface area contributed by atoms with Crippen molar-refractivity contribution in [1.82, 2.24) is 0 Å². The first-order valence-corrected chi connectivity index (χ1v) is 6.30. The number of benzene rings is 2. The molecule has 0 aromatic heterocycles. The number of nitrogens with zero attached hydrogens (tertiary/aromatic N) is 1. The lowest BCUT2D eigenvalue weighted by molar-refractivity contribution is -0.384. The molecule has 0 bridgehead atoms. The Labute approximate surface area is 121 Å². The van der Waals surface area contributed by atoms with Gasteiger partial charge in [-0.2, -0.15) is 0 Å². The van der Waals surface area contributed by atoms with Crippen LogP contribution in [0.3, 0.4) is 0 Å². The maximum atomic E-state index is 10.7. The number of hydrogen-bond acceptors (Lipinski definition) is 4. The van der Waals surface area contributed by atoms with Gasteiger partial charge in [-0.05, 0) is 36.8 Å². The van der Waals surface area contributed by atoms with E-state index in [1.807, 2.05) is 0 Å². The lowest BCUT2D eigenvalue weighted by atomic mass is 10.2. The van der Waals surface area contributed by atoms with Crippen molar-refractivity contribution in [3.63, 3.8) is 0 Å². The molecule has 0 aliphatic heterocycles. The summed E-state index contributed by atoms with van der Waals surface area (Å²) in [5.74, 6) is 1.14. The van der Waals surface area contributed by atoms with Gasteiger partial charge in [0.2, 0.25) is 0 Å². The zero-order valence-corrected chi connectivity index (χ0v) is 11.6. The molecule has 6 heteroatoms. The molecule has 0 unspecified atom stereocenters. The van der Waals surface area contributed by atoms with Crippen LogP contribution < -0.4 is 10.5 Å². The Morgan fingerprint density at radius 2 is 1.95 bits per heavy atom. The molecule has 2 N–H and O–H groups in total. The zero-order chi connectivity index (χ0) is 14.7. The molecule has 0 aliphatic carbocycles. The van der Waals surface area contributed by atoms with E-state index in [-0.39, 0.29) is 5.69 Å². The van der Waals surface area contributed by atoms with Crippen molar-refractivity contribution in [2.75, 3.05) is 0 Å². The summed E-state index contributed by atoms with van der Waals surface area (Å²) < 4.78 is 5.76. The third-order valence-electron chi connectivity index (χ3n) is 2.83. The van der Waals surface area contributed by atoms with Crippen molar-refractivity contribution in [3.8, 4) is 11.5 Å². The third-order valence-corrected chi connectivity index (χ3v) is 3.07. The van der Waals surface area contributed by atoms with Crippen LogP contribution in [0.25, 0.3) is 0 Å². The first-order valence-electron chi connectivity index (χ1n) is 5.92. The van der Waals surface area contributed by atoms with Crippen molar-refractivity contribution in [3.05, 3.63) is 62.7 Å². The van der Waals surface area contributed by atoms with Crippen LogP contribution in [0, 0.1) is 17.0 Å². The summed E-state index contributed by atoms with van der Waals surface area (Å²) >= 11 is 5.90. The summed E-state index contributed by atoms with van der Waals surface area (Å²) in [5.41, 5.74) is 7.13. The summed E-state index contributed by atoms with van der Waals surface area (Å²) in [6.45, 7) is 2.04. The van der Waals surface area contributed by atoms with Gasteiger partial charge in [0.05, 0.1) is 4.92 Å². The zero-order valence-electron chi connectivity index (χ0n) is 10.8. The first-order chi connectivity index (χ1) is 9.51. The minimum Gasteiger partial charge on any atom is -0.457 e. The highest BCUT2D eigenvalue weighted by atomic mass is 35.5. The van der Waals surface area contributed by atoms with Crippen molar-refractivity contribution in [1.29, 1.82) is 0 Å². The van der Waals surface area contributed by atoms with Crippen LogP contribution in [0.2, 0.25) is 5.02 Å². The van der Waals surface area contributed by atoms with Crippen molar-refractivity contribution in [2.24, 2.45) is 5.73 Å². The SMILES string of the molecule is Cc1cc([N+](=O)[O-])ccc1Oc1ccc(Cl)cc1CN. The molecule has 20 heavy (non-hydrogen) atoms. The Balaban J connectivity index is 2.33.